The number of rotatable bonds is 5. The molecule has 2 aromatic carbocycles. The minimum absolute atomic E-state index is 0.322. The molecular weight excluding hydrogens is 382 g/mol. The Balaban J connectivity index is 1.79. The van der Waals surface area contributed by atoms with Crippen LogP contribution in [0.4, 0.5) is 21.9 Å². The summed E-state index contributed by atoms with van der Waals surface area (Å²) < 4.78 is 1.21. The maximum Gasteiger partial charge on any atom is 0.409 e. The maximum atomic E-state index is 12.5. The molecule has 6 nitrogen and oxygen atoms in total. The number of nitrogen functional groups attached to an aromatic ring is 1. The summed E-state index contributed by atoms with van der Waals surface area (Å²) in [6, 6.07) is 15.8. The average molecular weight is 399 g/mol. The van der Waals surface area contributed by atoms with Crippen molar-refractivity contribution in [2.24, 2.45) is 0 Å². The van der Waals surface area contributed by atoms with E-state index in [0.29, 0.717) is 22.6 Å². The first-order chi connectivity index (χ1) is 13.0. The molecule has 0 aliphatic rings. The Morgan fingerprint density at radius 2 is 1.78 bits per heavy atom. The molecule has 0 spiro atoms. The summed E-state index contributed by atoms with van der Waals surface area (Å²) in [5.41, 5.74) is 8.78. The van der Waals surface area contributed by atoms with Gasteiger partial charge in [0.25, 0.3) is 5.91 Å². The highest BCUT2D eigenvalue weighted by Crippen LogP contribution is 2.35. The molecule has 0 saturated heterocycles. The van der Waals surface area contributed by atoms with Crippen molar-refractivity contribution in [2.75, 3.05) is 22.6 Å². The SMILES string of the molecule is CSc1ccc(-c2ccc(N)c(NC(=O)c3ccc(NC(=O)O)cc3)c2)s1. The number of thioether (sulfide) groups is 1. The number of thiophene rings is 1. The van der Waals surface area contributed by atoms with Gasteiger partial charge in [-0.15, -0.1) is 23.1 Å². The lowest BCUT2D eigenvalue weighted by atomic mass is 10.1. The van der Waals surface area contributed by atoms with Crippen molar-refractivity contribution in [3.63, 3.8) is 0 Å². The second kappa shape index (κ2) is 8.15. The molecule has 0 radical (unpaired) electrons. The van der Waals surface area contributed by atoms with E-state index >= 15 is 0 Å². The minimum atomic E-state index is -1.16. The third-order valence-electron chi connectivity index (χ3n) is 3.77. The zero-order chi connectivity index (χ0) is 19.4. The van der Waals surface area contributed by atoms with E-state index in [1.54, 1.807) is 41.3 Å². The Kier molecular flexibility index (Phi) is 5.68. The van der Waals surface area contributed by atoms with Crippen molar-refractivity contribution in [2.45, 2.75) is 4.21 Å². The summed E-state index contributed by atoms with van der Waals surface area (Å²) in [5.74, 6) is -0.322. The second-order valence-electron chi connectivity index (χ2n) is 5.59. The molecule has 1 heterocycles. The van der Waals surface area contributed by atoms with Crippen LogP contribution in [0.2, 0.25) is 0 Å². The molecule has 8 heteroatoms. The quantitative estimate of drug-likeness (QED) is 0.354. The Hall–Kier alpha value is -2.97. The molecule has 138 valence electrons. The van der Waals surface area contributed by atoms with Gasteiger partial charge in [-0.3, -0.25) is 10.1 Å². The minimum Gasteiger partial charge on any atom is -0.465 e. The van der Waals surface area contributed by atoms with Crippen LogP contribution in [-0.2, 0) is 0 Å². The van der Waals surface area contributed by atoms with E-state index in [-0.39, 0.29) is 5.91 Å². The number of nitrogens with one attached hydrogen (secondary N) is 2. The Bertz CT molecular complexity index is 984. The molecule has 0 aliphatic heterocycles. The molecule has 3 rings (SSSR count). The average Bonchev–Trinajstić information content (AvgIpc) is 3.13. The highest BCUT2D eigenvalue weighted by atomic mass is 32.2. The van der Waals surface area contributed by atoms with Gasteiger partial charge in [0.15, 0.2) is 0 Å². The van der Waals surface area contributed by atoms with E-state index in [9.17, 15) is 9.59 Å². The summed E-state index contributed by atoms with van der Waals surface area (Å²) in [6.07, 6.45) is 0.872. The fourth-order valence-corrected chi connectivity index (χ4v) is 3.97. The number of carbonyl (C=O) groups is 2. The lowest BCUT2D eigenvalue weighted by molar-refractivity contribution is 0.102. The smallest absolute Gasteiger partial charge is 0.409 e. The lowest BCUT2D eigenvalue weighted by Crippen LogP contribution is -2.13. The van der Waals surface area contributed by atoms with E-state index in [1.807, 2.05) is 24.5 Å². The largest absolute Gasteiger partial charge is 0.465 e. The zero-order valence-corrected chi connectivity index (χ0v) is 16.0. The molecule has 0 bridgehead atoms. The first kappa shape index (κ1) is 18.8. The van der Waals surface area contributed by atoms with Gasteiger partial charge in [0.05, 0.1) is 15.6 Å². The van der Waals surface area contributed by atoms with Crippen LogP contribution < -0.4 is 16.4 Å². The Morgan fingerprint density at radius 1 is 1.04 bits per heavy atom. The van der Waals surface area contributed by atoms with Crippen LogP contribution in [0.25, 0.3) is 10.4 Å². The predicted octanol–water partition coefficient (Wildman–Crippen LogP) is 5.06. The van der Waals surface area contributed by atoms with Gasteiger partial charge in [0, 0.05) is 16.1 Å². The topological polar surface area (TPSA) is 104 Å². The molecule has 0 atom stereocenters. The molecule has 2 amide bonds. The molecule has 0 fully saturated rings. The monoisotopic (exact) mass is 399 g/mol. The van der Waals surface area contributed by atoms with Gasteiger partial charge >= 0.3 is 6.09 Å². The zero-order valence-electron chi connectivity index (χ0n) is 14.4. The van der Waals surface area contributed by atoms with Crippen LogP contribution >= 0.6 is 23.1 Å². The van der Waals surface area contributed by atoms with Gasteiger partial charge in [-0.05, 0) is 60.4 Å². The van der Waals surface area contributed by atoms with Crippen LogP contribution in [0.3, 0.4) is 0 Å². The van der Waals surface area contributed by atoms with Gasteiger partial charge in [-0.1, -0.05) is 6.07 Å². The predicted molar refractivity (Wildman–Crippen MR) is 112 cm³/mol. The highest BCUT2D eigenvalue weighted by molar-refractivity contribution is 8.00. The van der Waals surface area contributed by atoms with E-state index in [2.05, 4.69) is 16.7 Å². The maximum absolute atomic E-state index is 12.5. The number of benzene rings is 2. The van der Waals surface area contributed by atoms with Crippen LogP contribution in [0, 0.1) is 0 Å². The van der Waals surface area contributed by atoms with Gasteiger partial charge in [0.1, 0.15) is 0 Å². The third-order valence-corrected chi connectivity index (χ3v) is 5.98. The molecule has 5 N–H and O–H groups in total. The van der Waals surface area contributed by atoms with E-state index in [1.165, 1.54) is 16.3 Å². The number of anilines is 3. The second-order valence-corrected chi connectivity index (χ2v) is 7.78. The fraction of sp³-hybridized carbons (Fsp3) is 0.0526. The summed E-state index contributed by atoms with van der Waals surface area (Å²) in [4.78, 5) is 24.2. The number of carbonyl (C=O) groups excluding carboxylic acids is 1. The van der Waals surface area contributed by atoms with Gasteiger partial charge in [-0.25, -0.2) is 4.79 Å². The molecule has 3 aromatic rings. The molecule has 27 heavy (non-hydrogen) atoms. The van der Waals surface area contributed by atoms with Crippen LogP contribution in [0.1, 0.15) is 10.4 Å². The first-order valence-electron chi connectivity index (χ1n) is 7.91. The summed E-state index contributed by atoms with van der Waals surface area (Å²) in [6.45, 7) is 0. The molecule has 0 aliphatic carbocycles. The lowest BCUT2D eigenvalue weighted by Gasteiger charge is -2.10. The number of amides is 2. The van der Waals surface area contributed by atoms with Crippen molar-refractivity contribution in [1.82, 2.24) is 0 Å². The van der Waals surface area contributed by atoms with Crippen LogP contribution in [0.5, 0.6) is 0 Å². The highest BCUT2D eigenvalue weighted by Gasteiger charge is 2.11. The van der Waals surface area contributed by atoms with Gasteiger partial charge in [0.2, 0.25) is 0 Å². The van der Waals surface area contributed by atoms with Gasteiger partial charge < -0.3 is 16.2 Å². The van der Waals surface area contributed by atoms with E-state index in [0.717, 1.165) is 10.4 Å². The number of hydrogen-bond acceptors (Lipinski definition) is 5. The Morgan fingerprint density at radius 3 is 2.41 bits per heavy atom. The van der Waals surface area contributed by atoms with Crippen molar-refractivity contribution >= 4 is 52.2 Å². The summed E-state index contributed by atoms with van der Waals surface area (Å²) in [5, 5.41) is 13.7. The number of hydrogen-bond donors (Lipinski definition) is 4. The first-order valence-corrected chi connectivity index (χ1v) is 9.95. The van der Waals surface area contributed by atoms with Crippen molar-refractivity contribution in [1.29, 1.82) is 0 Å². The third kappa shape index (κ3) is 4.60. The number of nitrogens with two attached hydrogens (primary N) is 1. The van der Waals surface area contributed by atoms with Crippen molar-refractivity contribution < 1.29 is 14.7 Å². The van der Waals surface area contributed by atoms with E-state index in [4.69, 9.17) is 10.8 Å². The molecule has 0 unspecified atom stereocenters. The molecule has 0 saturated carbocycles. The molecule has 1 aromatic heterocycles. The normalized spacial score (nSPS) is 10.4. The Labute approximate surface area is 164 Å². The van der Waals surface area contributed by atoms with Crippen LogP contribution in [-0.4, -0.2) is 23.4 Å². The van der Waals surface area contributed by atoms with Gasteiger partial charge in [-0.2, -0.15) is 0 Å². The standard InChI is InChI=1S/C19H17N3O3S2/c1-26-17-9-8-16(27-17)12-4-7-14(20)15(10-12)22-18(23)11-2-5-13(6-3-11)21-19(24)25/h2-10,21H,20H2,1H3,(H,22,23)(H,24,25). The van der Waals surface area contributed by atoms with Crippen LogP contribution in [0.15, 0.2) is 58.8 Å². The van der Waals surface area contributed by atoms with Crippen molar-refractivity contribution in [3.8, 4) is 10.4 Å². The molecular formula is C19H17N3O3S2. The van der Waals surface area contributed by atoms with E-state index < -0.39 is 6.09 Å². The van der Waals surface area contributed by atoms with Crippen molar-refractivity contribution in [3.05, 3.63) is 60.2 Å². The number of carboxylic acid groups (broad SMARTS) is 1. The summed E-state index contributed by atoms with van der Waals surface area (Å²) in [7, 11) is 0. The summed E-state index contributed by atoms with van der Waals surface area (Å²) >= 11 is 3.36. The fourth-order valence-electron chi connectivity index (χ4n) is 2.43.